The average molecular weight is 342 g/mol. The van der Waals surface area contributed by atoms with E-state index < -0.39 is 16.1 Å². The summed E-state index contributed by atoms with van der Waals surface area (Å²) in [4.78, 5) is 14.3. The second kappa shape index (κ2) is 6.19. The molecule has 6 nitrogen and oxygen atoms in total. The molecule has 0 saturated carbocycles. The molecule has 0 bridgehead atoms. The molecular formula is C14H18N2O4S2. The second-order valence-electron chi connectivity index (χ2n) is 5.41. The Morgan fingerprint density at radius 3 is 2.55 bits per heavy atom. The van der Waals surface area contributed by atoms with Crippen molar-refractivity contribution in [3.8, 4) is 0 Å². The van der Waals surface area contributed by atoms with Gasteiger partial charge in [0.25, 0.3) is 5.91 Å². The Labute approximate surface area is 134 Å². The van der Waals surface area contributed by atoms with Crippen LogP contribution in [0.5, 0.6) is 0 Å². The Balaban J connectivity index is 1.81. The molecule has 1 aromatic rings. The molecule has 0 radical (unpaired) electrons. The van der Waals surface area contributed by atoms with Crippen LogP contribution < -0.4 is 0 Å². The lowest BCUT2D eigenvalue weighted by atomic mass is 10.2. The van der Waals surface area contributed by atoms with Crippen LogP contribution in [0.4, 0.5) is 0 Å². The van der Waals surface area contributed by atoms with E-state index in [0.717, 1.165) is 11.5 Å². The fourth-order valence-corrected chi connectivity index (χ4v) is 4.96. The molecule has 120 valence electrons. The maximum absolute atomic E-state index is 12.5. The first-order valence-corrected chi connectivity index (χ1v) is 9.73. The van der Waals surface area contributed by atoms with Crippen molar-refractivity contribution >= 4 is 27.7 Å². The van der Waals surface area contributed by atoms with E-state index in [0.29, 0.717) is 18.7 Å². The lowest BCUT2D eigenvalue weighted by molar-refractivity contribution is 0.0547. The van der Waals surface area contributed by atoms with Crippen LogP contribution in [0, 0.1) is 0 Å². The van der Waals surface area contributed by atoms with Gasteiger partial charge in [-0.2, -0.15) is 16.1 Å². The molecule has 0 aliphatic carbocycles. The molecule has 8 heteroatoms. The molecule has 0 atom stereocenters. The highest BCUT2D eigenvalue weighted by Crippen LogP contribution is 2.23. The summed E-state index contributed by atoms with van der Waals surface area (Å²) in [6, 6.07) is 6.16. The third-order valence-corrected chi connectivity index (χ3v) is 6.62. The number of nitrogens with zero attached hydrogens (tertiary/aromatic N) is 2. The number of thioether (sulfide) groups is 1. The highest BCUT2D eigenvalue weighted by Gasteiger charge is 2.35. The van der Waals surface area contributed by atoms with Gasteiger partial charge in [0.2, 0.25) is 10.0 Å². The number of aliphatic hydroxyl groups excluding tert-OH is 1. The number of aliphatic hydroxyl groups is 1. The SMILES string of the molecule is O=C(c1cccc(S(=O)(=O)N2CC(O)C2)c1)N1CCSCC1. The molecule has 3 rings (SSSR count). The van der Waals surface area contributed by atoms with Gasteiger partial charge in [0.05, 0.1) is 11.0 Å². The summed E-state index contributed by atoms with van der Waals surface area (Å²) in [5.74, 6) is 1.70. The average Bonchev–Trinajstić information content (AvgIpc) is 2.52. The largest absolute Gasteiger partial charge is 0.390 e. The van der Waals surface area contributed by atoms with E-state index in [1.807, 2.05) is 11.8 Å². The first-order chi connectivity index (χ1) is 10.5. The number of carbonyl (C=O) groups excluding carboxylic acids is 1. The number of amides is 1. The van der Waals surface area contributed by atoms with Crippen LogP contribution >= 0.6 is 11.8 Å². The van der Waals surface area contributed by atoms with Gasteiger partial charge >= 0.3 is 0 Å². The van der Waals surface area contributed by atoms with Gasteiger partial charge in [-0.1, -0.05) is 6.07 Å². The van der Waals surface area contributed by atoms with Crippen LogP contribution in [0.15, 0.2) is 29.2 Å². The molecule has 2 fully saturated rings. The Morgan fingerprint density at radius 2 is 1.91 bits per heavy atom. The molecular weight excluding hydrogens is 324 g/mol. The first kappa shape index (κ1) is 15.8. The number of sulfonamides is 1. The van der Waals surface area contributed by atoms with Gasteiger partial charge in [-0.15, -0.1) is 0 Å². The van der Waals surface area contributed by atoms with Gasteiger partial charge in [-0.05, 0) is 18.2 Å². The molecule has 2 saturated heterocycles. The van der Waals surface area contributed by atoms with E-state index in [1.165, 1.54) is 16.4 Å². The van der Waals surface area contributed by atoms with Crippen molar-refractivity contribution in [1.29, 1.82) is 0 Å². The monoisotopic (exact) mass is 342 g/mol. The summed E-state index contributed by atoms with van der Waals surface area (Å²) >= 11 is 1.81. The van der Waals surface area contributed by atoms with E-state index in [4.69, 9.17) is 0 Å². The molecule has 1 aromatic carbocycles. The zero-order valence-electron chi connectivity index (χ0n) is 12.0. The standard InChI is InChI=1S/C14H18N2O4S2/c17-12-9-16(10-12)22(19,20)13-3-1-2-11(8-13)14(18)15-4-6-21-7-5-15/h1-3,8,12,17H,4-7,9-10H2. The van der Waals surface area contributed by atoms with Crippen molar-refractivity contribution in [2.75, 3.05) is 37.7 Å². The first-order valence-electron chi connectivity index (χ1n) is 7.14. The van der Waals surface area contributed by atoms with E-state index >= 15 is 0 Å². The molecule has 2 aliphatic rings. The van der Waals surface area contributed by atoms with Crippen molar-refractivity contribution in [2.45, 2.75) is 11.0 Å². The lowest BCUT2D eigenvalue weighted by Crippen LogP contribution is -2.53. The fourth-order valence-electron chi connectivity index (χ4n) is 2.50. The molecule has 0 unspecified atom stereocenters. The van der Waals surface area contributed by atoms with Crippen LogP contribution in [0.1, 0.15) is 10.4 Å². The summed E-state index contributed by atoms with van der Waals surface area (Å²) in [5.41, 5.74) is 0.397. The molecule has 22 heavy (non-hydrogen) atoms. The second-order valence-corrected chi connectivity index (χ2v) is 8.57. The Kier molecular flexibility index (Phi) is 4.44. The number of hydrogen-bond acceptors (Lipinski definition) is 5. The zero-order valence-corrected chi connectivity index (χ0v) is 13.6. The predicted molar refractivity (Wildman–Crippen MR) is 84.4 cm³/mol. The highest BCUT2D eigenvalue weighted by atomic mass is 32.2. The molecule has 2 heterocycles. The van der Waals surface area contributed by atoms with Crippen molar-refractivity contribution < 1.29 is 18.3 Å². The molecule has 0 aromatic heterocycles. The summed E-state index contributed by atoms with van der Waals surface area (Å²) in [7, 11) is -3.62. The van der Waals surface area contributed by atoms with Gasteiger partial charge in [0.15, 0.2) is 0 Å². The third kappa shape index (κ3) is 3.01. The van der Waals surface area contributed by atoms with Crippen LogP contribution in [0.25, 0.3) is 0 Å². The van der Waals surface area contributed by atoms with E-state index in [9.17, 15) is 18.3 Å². The number of hydrogen-bond donors (Lipinski definition) is 1. The smallest absolute Gasteiger partial charge is 0.253 e. The summed E-state index contributed by atoms with van der Waals surface area (Å²) in [6.07, 6.45) is -0.592. The lowest BCUT2D eigenvalue weighted by Gasteiger charge is -2.34. The van der Waals surface area contributed by atoms with Gasteiger partial charge in [-0.25, -0.2) is 8.42 Å². The quantitative estimate of drug-likeness (QED) is 0.851. The van der Waals surface area contributed by atoms with Crippen molar-refractivity contribution in [3.05, 3.63) is 29.8 Å². The fraction of sp³-hybridized carbons (Fsp3) is 0.500. The minimum atomic E-state index is -3.62. The highest BCUT2D eigenvalue weighted by molar-refractivity contribution is 7.99. The normalized spacial score (nSPS) is 20.7. The van der Waals surface area contributed by atoms with Crippen molar-refractivity contribution in [1.82, 2.24) is 9.21 Å². The van der Waals surface area contributed by atoms with Crippen LogP contribution in [0.2, 0.25) is 0 Å². The van der Waals surface area contributed by atoms with Crippen molar-refractivity contribution in [3.63, 3.8) is 0 Å². The van der Waals surface area contributed by atoms with Gasteiger partial charge in [0.1, 0.15) is 0 Å². The van der Waals surface area contributed by atoms with Crippen molar-refractivity contribution in [2.24, 2.45) is 0 Å². The third-order valence-electron chi connectivity index (χ3n) is 3.85. The van der Waals surface area contributed by atoms with Gasteiger partial charge < -0.3 is 10.0 Å². The van der Waals surface area contributed by atoms with E-state index in [1.54, 1.807) is 17.0 Å². The number of rotatable bonds is 3. The zero-order chi connectivity index (χ0) is 15.7. The molecule has 2 aliphatic heterocycles. The van der Waals surface area contributed by atoms with E-state index in [2.05, 4.69) is 0 Å². The van der Waals surface area contributed by atoms with Crippen LogP contribution in [-0.2, 0) is 10.0 Å². The number of carbonyl (C=O) groups is 1. The number of benzene rings is 1. The Morgan fingerprint density at radius 1 is 1.23 bits per heavy atom. The maximum atomic E-state index is 12.5. The minimum absolute atomic E-state index is 0.108. The molecule has 1 amide bonds. The Hall–Kier alpha value is -1.09. The van der Waals surface area contributed by atoms with Crippen LogP contribution in [0.3, 0.4) is 0 Å². The summed E-state index contributed by atoms with van der Waals surface area (Å²) in [5, 5.41) is 9.27. The molecule has 0 spiro atoms. The van der Waals surface area contributed by atoms with Crippen LogP contribution in [-0.4, -0.2) is 72.4 Å². The van der Waals surface area contributed by atoms with Gasteiger partial charge in [0, 0.05) is 43.2 Å². The van der Waals surface area contributed by atoms with E-state index in [-0.39, 0.29) is 23.9 Å². The van der Waals surface area contributed by atoms with Gasteiger partial charge in [-0.3, -0.25) is 4.79 Å². The number of β-amino-alcohol motifs (C(OH)–C–C–N with tert-alkyl or cyclic N) is 1. The molecule has 1 N–H and O–H groups in total. The topological polar surface area (TPSA) is 77.9 Å². The summed E-state index contributed by atoms with van der Waals surface area (Å²) in [6.45, 7) is 1.62. The Bertz CT molecular complexity index is 665. The maximum Gasteiger partial charge on any atom is 0.253 e. The minimum Gasteiger partial charge on any atom is -0.390 e. The predicted octanol–water partition coefficient (Wildman–Crippen LogP) is 0.241. The summed E-state index contributed by atoms with van der Waals surface area (Å²) < 4.78 is 26.0.